The molecule has 1 rings (SSSR count). The van der Waals surface area contributed by atoms with E-state index in [1.165, 1.54) is 12.8 Å². The normalized spacial score (nSPS) is 19.1. The molecular formula is C13H27ClN2O2. The number of nitrogens with one attached hydrogen (secondary N) is 2. The number of hydrogen-bond acceptors (Lipinski definition) is 3. The predicted octanol–water partition coefficient (Wildman–Crippen LogP) is 1.87. The molecule has 0 aromatic rings. The van der Waals surface area contributed by atoms with Crippen LogP contribution in [0.4, 0.5) is 0 Å². The zero-order valence-electron chi connectivity index (χ0n) is 11.7. The summed E-state index contributed by atoms with van der Waals surface area (Å²) in [5.74, 6) is 0.0292. The third-order valence-corrected chi connectivity index (χ3v) is 3.40. The Balaban J connectivity index is 0.00000289. The molecule has 1 aliphatic carbocycles. The summed E-state index contributed by atoms with van der Waals surface area (Å²) >= 11 is 0. The Morgan fingerprint density at radius 2 is 2.00 bits per heavy atom. The molecule has 1 amide bonds. The molecule has 0 bridgehead atoms. The molecule has 4 nitrogen and oxygen atoms in total. The molecule has 1 fully saturated rings. The standard InChI is InChI=1S/C13H26N2O2.ClH/c1-4-12(17-11-7-5-6-8-11)13(16)15-9-10(2)14-3;/h10-12,14H,4-9H2,1-3H3,(H,15,16);1H. The first kappa shape index (κ1) is 17.7. The maximum Gasteiger partial charge on any atom is 0.249 e. The fourth-order valence-corrected chi connectivity index (χ4v) is 2.07. The van der Waals surface area contributed by atoms with Crippen molar-refractivity contribution in [3.63, 3.8) is 0 Å². The maximum atomic E-state index is 11.9. The summed E-state index contributed by atoms with van der Waals surface area (Å²) in [6.45, 7) is 4.69. The van der Waals surface area contributed by atoms with Gasteiger partial charge in [0.1, 0.15) is 6.10 Å². The van der Waals surface area contributed by atoms with Gasteiger partial charge in [-0.25, -0.2) is 0 Å². The van der Waals surface area contributed by atoms with Gasteiger partial charge in [-0.3, -0.25) is 4.79 Å². The molecular weight excluding hydrogens is 252 g/mol. The van der Waals surface area contributed by atoms with Gasteiger partial charge in [-0.1, -0.05) is 19.8 Å². The summed E-state index contributed by atoms with van der Waals surface area (Å²) < 4.78 is 5.86. The van der Waals surface area contributed by atoms with Crippen molar-refractivity contribution in [3.05, 3.63) is 0 Å². The third-order valence-electron chi connectivity index (χ3n) is 3.40. The zero-order valence-corrected chi connectivity index (χ0v) is 12.5. The SMILES string of the molecule is CCC(OC1CCCC1)C(=O)NCC(C)NC.Cl. The van der Waals surface area contributed by atoms with Crippen LogP contribution in [0.25, 0.3) is 0 Å². The second-order valence-corrected chi connectivity index (χ2v) is 4.87. The minimum Gasteiger partial charge on any atom is -0.365 e. The van der Waals surface area contributed by atoms with Crippen molar-refractivity contribution >= 4 is 18.3 Å². The van der Waals surface area contributed by atoms with Crippen LogP contribution in [-0.4, -0.2) is 37.7 Å². The number of halogens is 1. The van der Waals surface area contributed by atoms with Crippen LogP contribution < -0.4 is 10.6 Å². The highest BCUT2D eigenvalue weighted by Gasteiger charge is 2.24. The lowest BCUT2D eigenvalue weighted by Crippen LogP contribution is -2.43. The Hall–Kier alpha value is -0.320. The van der Waals surface area contributed by atoms with Gasteiger partial charge in [0.05, 0.1) is 6.10 Å². The summed E-state index contributed by atoms with van der Waals surface area (Å²) in [4.78, 5) is 11.9. The van der Waals surface area contributed by atoms with Crippen LogP contribution in [0.5, 0.6) is 0 Å². The number of amides is 1. The van der Waals surface area contributed by atoms with Crippen LogP contribution in [0, 0.1) is 0 Å². The molecule has 0 heterocycles. The van der Waals surface area contributed by atoms with E-state index in [4.69, 9.17) is 4.74 Å². The summed E-state index contributed by atoms with van der Waals surface area (Å²) in [6.07, 6.45) is 5.46. The van der Waals surface area contributed by atoms with Crippen molar-refractivity contribution in [2.24, 2.45) is 0 Å². The van der Waals surface area contributed by atoms with E-state index in [1.54, 1.807) is 0 Å². The van der Waals surface area contributed by atoms with Crippen molar-refractivity contribution < 1.29 is 9.53 Å². The Bertz CT molecular complexity index is 233. The molecule has 2 atom stereocenters. The quantitative estimate of drug-likeness (QED) is 0.748. The highest BCUT2D eigenvalue weighted by molar-refractivity contribution is 5.85. The van der Waals surface area contributed by atoms with Crippen LogP contribution in [0.15, 0.2) is 0 Å². The molecule has 0 spiro atoms. The van der Waals surface area contributed by atoms with Crippen molar-refractivity contribution in [1.29, 1.82) is 0 Å². The lowest BCUT2D eigenvalue weighted by atomic mass is 10.2. The van der Waals surface area contributed by atoms with Gasteiger partial charge in [-0.2, -0.15) is 0 Å². The summed E-state index contributed by atoms with van der Waals surface area (Å²) in [5.41, 5.74) is 0. The van der Waals surface area contributed by atoms with Crippen LogP contribution >= 0.6 is 12.4 Å². The molecule has 108 valence electrons. The van der Waals surface area contributed by atoms with Crippen LogP contribution in [0.1, 0.15) is 46.0 Å². The van der Waals surface area contributed by atoms with E-state index >= 15 is 0 Å². The van der Waals surface area contributed by atoms with Gasteiger partial charge < -0.3 is 15.4 Å². The highest BCUT2D eigenvalue weighted by atomic mass is 35.5. The molecule has 0 aliphatic heterocycles. The van der Waals surface area contributed by atoms with E-state index in [0.29, 0.717) is 18.7 Å². The first-order chi connectivity index (χ1) is 8.17. The van der Waals surface area contributed by atoms with Gasteiger partial charge in [0, 0.05) is 12.6 Å². The molecule has 0 aromatic heterocycles. The average Bonchev–Trinajstić information content (AvgIpc) is 2.85. The fourth-order valence-electron chi connectivity index (χ4n) is 2.07. The molecule has 18 heavy (non-hydrogen) atoms. The van der Waals surface area contributed by atoms with E-state index < -0.39 is 0 Å². The van der Waals surface area contributed by atoms with Crippen molar-refractivity contribution in [1.82, 2.24) is 10.6 Å². The molecule has 0 aromatic carbocycles. The first-order valence-corrected chi connectivity index (χ1v) is 6.77. The summed E-state index contributed by atoms with van der Waals surface area (Å²) in [7, 11) is 1.89. The van der Waals surface area contributed by atoms with Crippen LogP contribution in [0.2, 0.25) is 0 Å². The molecule has 5 heteroatoms. The first-order valence-electron chi connectivity index (χ1n) is 6.77. The van der Waals surface area contributed by atoms with Crippen LogP contribution in [0.3, 0.4) is 0 Å². The van der Waals surface area contributed by atoms with E-state index in [2.05, 4.69) is 10.6 Å². The molecule has 2 unspecified atom stereocenters. The predicted molar refractivity (Wildman–Crippen MR) is 76.2 cm³/mol. The monoisotopic (exact) mass is 278 g/mol. The van der Waals surface area contributed by atoms with Gasteiger partial charge in [-0.05, 0) is 33.2 Å². The van der Waals surface area contributed by atoms with E-state index in [1.807, 2.05) is 20.9 Å². The minimum absolute atomic E-state index is 0. The number of carbonyl (C=O) groups excluding carboxylic acids is 1. The fraction of sp³-hybridized carbons (Fsp3) is 0.923. The molecule has 2 N–H and O–H groups in total. The summed E-state index contributed by atoms with van der Waals surface area (Å²) in [6, 6.07) is 0.294. The Labute approximate surface area is 117 Å². The minimum atomic E-state index is -0.276. The van der Waals surface area contributed by atoms with Gasteiger partial charge in [-0.15, -0.1) is 12.4 Å². The molecule has 1 saturated carbocycles. The molecule has 0 saturated heterocycles. The largest absolute Gasteiger partial charge is 0.365 e. The van der Waals surface area contributed by atoms with Crippen molar-refractivity contribution in [3.8, 4) is 0 Å². The van der Waals surface area contributed by atoms with Gasteiger partial charge in [0.15, 0.2) is 0 Å². The Kier molecular flexibility index (Phi) is 9.42. The number of rotatable bonds is 7. The van der Waals surface area contributed by atoms with E-state index in [0.717, 1.165) is 19.3 Å². The average molecular weight is 279 g/mol. The lowest BCUT2D eigenvalue weighted by molar-refractivity contribution is -0.136. The maximum absolute atomic E-state index is 11.9. The smallest absolute Gasteiger partial charge is 0.249 e. The number of ether oxygens (including phenoxy) is 1. The third kappa shape index (κ3) is 6.03. The van der Waals surface area contributed by atoms with E-state index in [-0.39, 0.29) is 24.4 Å². The van der Waals surface area contributed by atoms with E-state index in [9.17, 15) is 4.79 Å². The topological polar surface area (TPSA) is 50.4 Å². The van der Waals surface area contributed by atoms with Gasteiger partial charge in [0.25, 0.3) is 0 Å². The number of likely N-dealkylation sites (N-methyl/N-ethyl adjacent to an activating group) is 1. The Morgan fingerprint density at radius 1 is 1.39 bits per heavy atom. The highest BCUT2D eigenvalue weighted by Crippen LogP contribution is 2.22. The second kappa shape index (κ2) is 9.59. The van der Waals surface area contributed by atoms with Crippen molar-refractivity contribution in [2.45, 2.75) is 64.2 Å². The van der Waals surface area contributed by atoms with Gasteiger partial charge in [0.2, 0.25) is 5.91 Å². The van der Waals surface area contributed by atoms with Crippen LogP contribution in [-0.2, 0) is 9.53 Å². The summed E-state index contributed by atoms with van der Waals surface area (Å²) in [5, 5.41) is 6.03. The Morgan fingerprint density at radius 3 is 2.50 bits per heavy atom. The molecule has 0 radical (unpaired) electrons. The molecule has 1 aliphatic rings. The lowest BCUT2D eigenvalue weighted by Gasteiger charge is -2.21. The zero-order chi connectivity index (χ0) is 12.7. The van der Waals surface area contributed by atoms with Gasteiger partial charge >= 0.3 is 0 Å². The number of carbonyl (C=O) groups is 1. The van der Waals surface area contributed by atoms with Crippen molar-refractivity contribution in [2.75, 3.05) is 13.6 Å². The second-order valence-electron chi connectivity index (χ2n) is 4.87. The number of hydrogen-bond donors (Lipinski definition) is 2.